The number of rotatable bonds is 3. The predicted molar refractivity (Wildman–Crippen MR) is 65.1 cm³/mol. The zero-order valence-electron chi connectivity index (χ0n) is 9.57. The minimum absolute atomic E-state index is 0.119. The van der Waals surface area contributed by atoms with E-state index in [1.807, 2.05) is 25.1 Å². The average Bonchev–Trinajstić information content (AvgIpc) is 2.29. The van der Waals surface area contributed by atoms with Gasteiger partial charge in [0.05, 0.1) is 6.61 Å². The van der Waals surface area contributed by atoms with Crippen LogP contribution in [-0.4, -0.2) is 12.6 Å². The van der Waals surface area contributed by atoms with E-state index in [1.54, 1.807) is 0 Å². The number of fused-ring (bicyclic) bond motifs is 1. The predicted octanol–water partition coefficient (Wildman–Crippen LogP) is 1.65. The van der Waals surface area contributed by atoms with Crippen molar-refractivity contribution < 1.29 is 4.74 Å². The van der Waals surface area contributed by atoms with Gasteiger partial charge in [0.1, 0.15) is 5.75 Å². The van der Waals surface area contributed by atoms with Crippen LogP contribution in [0.25, 0.3) is 0 Å². The first-order valence-corrected chi connectivity index (χ1v) is 5.54. The van der Waals surface area contributed by atoms with Crippen molar-refractivity contribution in [2.75, 3.05) is 6.61 Å². The SMILES string of the molecule is C=C(C)C(NN)C1COc2ccccc2C1. The van der Waals surface area contributed by atoms with Crippen LogP contribution >= 0.6 is 0 Å². The number of hydrogen-bond acceptors (Lipinski definition) is 3. The van der Waals surface area contributed by atoms with Crippen molar-refractivity contribution in [3.8, 4) is 5.75 Å². The van der Waals surface area contributed by atoms with E-state index < -0.39 is 0 Å². The number of nitrogens with one attached hydrogen (secondary N) is 1. The maximum Gasteiger partial charge on any atom is 0.122 e. The van der Waals surface area contributed by atoms with Gasteiger partial charge < -0.3 is 4.74 Å². The molecule has 0 saturated heterocycles. The number of nitrogens with two attached hydrogens (primary N) is 1. The standard InChI is InChI=1S/C13H18N2O/c1-9(2)13(15-14)11-7-10-5-3-4-6-12(10)16-8-11/h3-6,11,13,15H,1,7-8,14H2,2H3. The van der Waals surface area contributed by atoms with Gasteiger partial charge in [-0.2, -0.15) is 0 Å². The van der Waals surface area contributed by atoms with E-state index in [0.717, 1.165) is 17.7 Å². The number of para-hydroxylation sites is 1. The van der Waals surface area contributed by atoms with E-state index >= 15 is 0 Å². The Hall–Kier alpha value is -1.32. The molecular weight excluding hydrogens is 200 g/mol. The highest BCUT2D eigenvalue weighted by Gasteiger charge is 2.26. The van der Waals surface area contributed by atoms with Crippen LogP contribution in [-0.2, 0) is 6.42 Å². The molecule has 2 unspecified atom stereocenters. The fourth-order valence-corrected chi connectivity index (χ4v) is 2.25. The van der Waals surface area contributed by atoms with Gasteiger partial charge >= 0.3 is 0 Å². The number of ether oxygens (including phenoxy) is 1. The van der Waals surface area contributed by atoms with E-state index in [0.29, 0.717) is 12.5 Å². The van der Waals surface area contributed by atoms with E-state index in [-0.39, 0.29) is 6.04 Å². The Morgan fingerprint density at radius 1 is 1.56 bits per heavy atom. The van der Waals surface area contributed by atoms with Crippen LogP contribution in [0.2, 0.25) is 0 Å². The number of benzene rings is 1. The smallest absolute Gasteiger partial charge is 0.122 e. The molecule has 3 nitrogen and oxygen atoms in total. The molecule has 2 rings (SSSR count). The summed E-state index contributed by atoms with van der Waals surface area (Å²) < 4.78 is 5.73. The second kappa shape index (κ2) is 4.68. The van der Waals surface area contributed by atoms with Gasteiger partial charge in [0.25, 0.3) is 0 Å². The Morgan fingerprint density at radius 3 is 3.00 bits per heavy atom. The lowest BCUT2D eigenvalue weighted by molar-refractivity contribution is 0.196. The van der Waals surface area contributed by atoms with Crippen molar-refractivity contribution in [3.05, 3.63) is 42.0 Å². The zero-order valence-corrected chi connectivity index (χ0v) is 9.57. The summed E-state index contributed by atoms with van der Waals surface area (Å²) in [5.41, 5.74) is 5.12. The summed E-state index contributed by atoms with van der Waals surface area (Å²) in [6.07, 6.45) is 0.984. The third-order valence-corrected chi connectivity index (χ3v) is 3.09. The lowest BCUT2D eigenvalue weighted by Gasteiger charge is -2.31. The molecule has 3 heteroatoms. The van der Waals surface area contributed by atoms with Gasteiger partial charge in [-0.15, -0.1) is 0 Å². The summed E-state index contributed by atoms with van der Waals surface area (Å²) in [5, 5.41) is 0. The number of hydrogen-bond donors (Lipinski definition) is 2. The van der Waals surface area contributed by atoms with Crippen LogP contribution < -0.4 is 16.0 Å². The molecule has 0 aromatic heterocycles. The second-order valence-electron chi connectivity index (χ2n) is 4.37. The largest absolute Gasteiger partial charge is 0.493 e. The molecule has 1 aromatic carbocycles. The molecule has 0 bridgehead atoms. The van der Waals surface area contributed by atoms with E-state index in [2.05, 4.69) is 18.1 Å². The first-order chi connectivity index (χ1) is 7.72. The third kappa shape index (κ3) is 2.10. The molecule has 86 valence electrons. The molecule has 2 atom stereocenters. The summed E-state index contributed by atoms with van der Waals surface area (Å²) in [4.78, 5) is 0. The van der Waals surface area contributed by atoms with Gasteiger partial charge in [-0.05, 0) is 25.0 Å². The van der Waals surface area contributed by atoms with Crippen LogP contribution in [0.3, 0.4) is 0 Å². The summed E-state index contributed by atoms with van der Waals surface area (Å²) in [6.45, 7) is 6.64. The van der Waals surface area contributed by atoms with Crippen molar-refractivity contribution in [2.45, 2.75) is 19.4 Å². The minimum Gasteiger partial charge on any atom is -0.493 e. The first kappa shape index (κ1) is 11.2. The molecule has 0 amide bonds. The minimum atomic E-state index is 0.119. The molecule has 0 radical (unpaired) electrons. The topological polar surface area (TPSA) is 47.3 Å². The lowest BCUT2D eigenvalue weighted by Crippen LogP contribution is -2.45. The monoisotopic (exact) mass is 218 g/mol. The van der Waals surface area contributed by atoms with Crippen molar-refractivity contribution >= 4 is 0 Å². The van der Waals surface area contributed by atoms with Crippen molar-refractivity contribution in [1.82, 2.24) is 5.43 Å². The molecular formula is C13H18N2O. The van der Waals surface area contributed by atoms with Gasteiger partial charge in [-0.25, -0.2) is 0 Å². The molecule has 0 saturated carbocycles. The average molecular weight is 218 g/mol. The lowest BCUT2D eigenvalue weighted by atomic mass is 9.88. The summed E-state index contributed by atoms with van der Waals surface area (Å²) in [7, 11) is 0. The number of hydrazine groups is 1. The van der Waals surface area contributed by atoms with Gasteiger partial charge in [-0.3, -0.25) is 11.3 Å². The van der Waals surface area contributed by atoms with E-state index in [4.69, 9.17) is 10.6 Å². The van der Waals surface area contributed by atoms with Crippen molar-refractivity contribution in [3.63, 3.8) is 0 Å². The summed E-state index contributed by atoms with van der Waals surface area (Å²) in [5.74, 6) is 6.91. The van der Waals surface area contributed by atoms with Crippen molar-refractivity contribution in [1.29, 1.82) is 0 Å². The van der Waals surface area contributed by atoms with Gasteiger partial charge in [0, 0.05) is 12.0 Å². The molecule has 0 spiro atoms. The molecule has 0 aliphatic carbocycles. The molecule has 1 aliphatic heterocycles. The van der Waals surface area contributed by atoms with Gasteiger partial charge in [0.2, 0.25) is 0 Å². The first-order valence-electron chi connectivity index (χ1n) is 5.54. The second-order valence-corrected chi connectivity index (χ2v) is 4.37. The normalized spacial score (nSPS) is 20.8. The zero-order chi connectivity index (χ0) is 11.5. The van der Waals surface area contributed by atoms with Gasteiger partial charge in [-0.1, -0.05) is 30.4 Å². The third-order valence-electron chi connectivity index (χ3n) is 3.09. The maximum absolute atomic E-state index is 5.73. The Kier molecular flexibility index (Phi) is 3.27. The van der Waals surface area contributed by atoms with Crippen LogP contribution in [0.1, 0.15) is 12.5 Å². The molecule has 0 fully saturated rings. The van der Waals surface area contributed by atoms with Crippen LogP contribution in [0, 0.1) is 5.92 Å². The molecule has 1 aliphatic rings. The fraction of sp³-hybridized carbons (Fsp3) is 0.385. The summed E-state index contributed by atoms with van der Waals surface area (Å²) >= 11 is 0. The Bertz CT molecular complexity index is 389. The highest BCUT2D eigenvalue weighted by atomic mass is 16.5. The molecule has 1 heterocycles. The maximum atomic E-state index is 5.73. The van der Waals surface area contributed by atoms with Gasteiger partial charge in [0.15, 0.2) is 0 Å². The quantitative estimate of drug-likeness (QED) is 0.460. The Morgan fingerprint density at radius 2 is 2.31 bits per heavy atom. The Balaban J connectivity index is 2.15. The highest BCUT2D eigenvalue weighted by Crippen LogP contribution is 2.29. The molecule has 16 heavy (non-hydrogen) atoms. The van der Waals surface area contributed by atoms with Crippen molar-refractivity contribution in [2.24, 2.45) is 11.8 Å². The van der Waals surface area contributed by atoms with E-state index in [9.17, 15) is 0 Å². The fourth-order valence-electron chi connectivity index (χ4n) is 2.25. The summed E-state index contributed by atoms with van der Waals surface area (Å²) in [6, 6.07) is 8.27. The van der Waals surface area contributed by atoms with Crippen LogP contribution in [0.5, 0.6) is 5.75 Å². The Labute approximate surface area is 96.3 Å². The molecule has 1 aromatic rings. The van der Waals surface area contributed by atoms with E-state index in [1.165, 1.54) is 5.56 Å². The van der Waals surface area contributed by atoms with Crippen LogP contribution in [0.4, 0.5) is 0 Å². The molecule has 3 N–H and O–H groups in total. The van der Waals surface area contributed by atoms with Crippen LogP contribution in [0.15, 0.2) is 36.4 Å². The highest BCUT2D eigenvalue weighted by molar-refractivity contribution is 5.35.